The highest BCUT2D eigenvalue weighted by molar-refractivity contribution is 7.56. The maximum Gasteiger partial charge on any atom is 0.343 e. The summed E-state index contributed by atoms with van der Waals surface area (Å²) in [6.45, 7) is 16.1. The summed E-state index contributed by atoms with van der Waals surface area (Å²) in [6.07, 6.45) is 3.63. The van der Waals surface area contributed by atoms with Crippen molar-refractivity contribution in [2.24, 2.45) is 0 Å². The number of hydrogen-bond donors (Lipinski definition) is 1. The zero-order valence-electron chi connectivity index (χ0n) is 20.3. The number of aromatic hydroxyl groups is 1. The van der Waals surface area contributed by atoms with Crippen LogP contribution in [0.2, 0.25) is 0 Å². The second-order valence-electron chi connectivity index (χ2n) is 9.76. The van der Waals surface area contributed by atoms with Crippen molar-refractivity contribution in [2.45, 2.75) is 84.2 Å². The summed E-state index contributed by atoms with van der Waals surface area (Å²) in [5.41, 5.74) is 2.05. The quantitative estimate of drug-likeness (QED) is 0.365. The lowest BCUT2D eigenvalue weighted by molar-refractivity contribution is -0.117. The van der Waals surface area contributed by atoms with Crippen LogP contribution in [0, 0.1) is 0 Å². The number of phenols is 1. The standard InChI is InChI=1S/C24H39O5P/c1-11-24(12-2,30(27,28-9)29-10)20(25)14-13-17-15-18(22(3,4)5)16-19(21(17)26)23(6,7)8/h13-16,26H,11-12H2,1-10H3/b14-13+. The molecule has 0 fully saturated rings. The molecule has 1 N–H and O–H groups in total. The molecule has 1 rings (SSSR count). The number of phenolic OH excluding ortho intramolecular Hbond substituents is 1. The Morgan fingerprint density at radius 1 is 1.00 bits per heavy atom. The first kappa shape index (κ1) is 26.6. The van der Waals surface area contributed by atoms with Crippen molar-refractivity contribution >= 4 is 19.5 Å². The molecule has 0 amide bonds. The number of carbonyl (C=O) groups is 1. The summed E-state index contributed by atoms with van der Waals surface area (Å²) in [7, 11) is -1.04. The fourth-order valence-electron chi connectivity index (χ4n) is 3.65. The molecule has 30 heavy (non-hydrogen) atoms. The minimum atomic E-state index is -3.65. The Balaban J connectivity index is 3.61. The molecule has 0 aliphatic heterocycles. The van der Waals surface area contributed by atoms with E-state index >= 15 is 0 Å². The van der Waals surface area contributed by atoms with Gasteiger partial charge in [-0.3, -0.25) is 9.36 Å². The first-order valence-electron chi connectivity index (χ1n) is 10.5. The molecule has 0 aromatic heterocycles. The molecule has 1 aromatic carbocycles. The average molecular weight is 439 g/mol. The zero-order valence-corrected chi connectivity index (χ0v) is 21.1. The Morgan fingerprint density at radius 3 is 1.87 bits per heavy atom. The van der Waals surface area contributed by atoms with E-state index in [-0.39, 0.29) is 22.4 Å². The molecule has 0 saturated carbocycles. The molecule has 0 unspecified atom stereocenters. The van der Waals surface area contributed by atoms with Gasteiger partial charge in [0, 0.05) is 25.3 Å². The Morgan fingerprint density at radius 2 is 1.50 bits per heavy atom. The van der Waals surface area contributed by atoms with Gasteiger partial charge in [-0.1, -0.05) is 61.5 Å². The molecule has 6 heteroatoms. The normalized spacial score (nSPS) is 13.8. The Bertz CT molecular complexity index is 828. The molecule has 170 valence electrons. The minimum Gasteiger partial charge on any atom is -0.507 e. The van der Waals surface area contributed by atoms with Crippen LogP contribution in [-0.4, -0.2) is 30.3 Å². The van der Waals surface area contributed by atoms with Crippen molar-refractivity contribution in [3.63, 3.8) is 0 Å². The first-order chi connectivity index (χ1) is 13.6. The van der Waals surface area contributed by atoms with Crippen LogP contribution in [0.4, 0.5) is 0 Å². The van der Waals surface area contributed by atoms with Gasteiger partial charge in [-0.2, -0.15) is 0 Å². The van der Waals surface area contributed by atoms with Gasteiger partial charge in [0.15, 0.2) is 5.78 Å². The second kappa shape index (κ2) is 9.38. The highest BCUT2D eigenvalue weighted by Gasteiger charge is 2.52. The van der Waals surface area contributed by atoms with Gasteiger partial charge in [0.05, 0.1) is 0 Å². The van der Waals surface area contributed by atoms with E-state index in [9.17, 15) is 14.5 Å². The highest BCUT2D eigenvalue weighted by atomic mass is 31.2. The van der Waals surface area contributed by atoms with Crippen LogP contribution < -0.4 is 0 Å². The van der Waals surface area contributed by atoms with Gasteiger partial charge in [-0.25, -0.2) is 0 Å². The Hall–Kier alpha value is -1.42. The van der Waals surface area contributed by atoms with E-state index in [2.05, 4.69) is 20.8 Å². The van der Waals surface area contributed by atoms with Gasteiger partial charge in [-0.05, 0) is 47.5 Å². The van der Waals surface area contributed by atoms with Gasteiger partial charge < -0.3 is 14.2 Å². The third kappa shape index (κ3) is 5.07. The lowest BCUT2D eigenvalue weighted by Crippen LogP contribution is -2.37. The number of ketones is 1. The topological polar surface area (TPSA) is 72.8 Å². The lowest BCUT2D eigenvalue weighted by Gasteiger charge is -2.34. The van der Waals surface area contributed by atoms with Crippen LogP contribution in [-0.2, 0) is 29.2 Å². The highest BCUT2D eigenvalue weighted by Crippen LogP contribution is 2.62. The number of benzene rings is 1. The Labute approximate surface area is 182 Å². The van der Waals surface area contributed by atoms with E-state index in [1.807, 2.05) is 32.9 Å². The molecule has 0 saturated heterocycles. The number of allylic oxidation sites excluding steroid dienone is 1. The van der Waals surface area contributed by atoms with Crippen LogP contribution >= 0.6 is 7.60 Å². The molecule has 0 spiro atoms. The van der Waals surface area contributed by atoms with Crippen LogP contribution in [0.15, 0.2) is 18.2 Å². The maximum absolute atomic E-state index is 13.2. The van der Waals surface area contributed by atoms with Crippen LogP contribution in [0.5, 0.6) is 5.75 Å². The summed E-state index contributed by atoms with van der Waals surface area (Å²) >= 11 is 0. The third-order valence-electron chi connectivity index (χ3n) is 5.86. The van der Waals surface area contributed by atoms with E-state index in [1.165, 1.54) is 20.3 Å². The lowest BCUT2D eigenvalue weighted by atomic mass is 9.79. The summed E-state index contributed by atoms with van der Waals surface area (Å²) in [5.74, 6) is -0.183. The van der Waals surface area contributed by atoms with Gasteiger partial charge >= 0.3 is 7.60 Å². The maximum atomic E-state index is 13.2. The first-order valence-corrected chi connectivity index (χ1v) is 12.0. The van der Waals surface area contributed by atoms with Crippen LogP contribution in [0.25, 0.3) is 6.08 Å². The van der Waals surface area contributed by atoms with Crippen LogP contribution in [0.3, 0.4) is 0 Å². The number of carbonyl (C=O) groups excluding carboxylic acids is 1. The van der Waals surface area contributed by atoms with E-state index in [1.54, 1.807) is 19.9 Å². The van der Waals surface area contributed by atoms with Crippen molar-refractivity contribution in [3.8, 4) is 5.75 Å². The second-order valence-corrected chi connectivity index (χ2v) is 12.3. The predicted molar refractivity (Wildman–Crippen MR) is 124 cm³/mol. The van der Waals surface area contributed by atoms with Crippen molar-refractivity contribution in [1.82, 2.24) is 0 Å². The summed E-state index contributed by atoms with van der Waals surface area (Å²) < 4.78 is 23.6. The fourth-order valence-corrected chi connectivity index (χ4v) is 5.62. The van der Waals surface area contributed by atoms with Crippen molar-refractivity contribution in [1.29, 1.82) is 0 Å². The Kier molecular flexibility index (Phi) is 8.32. The van der Waals surface area contributed by atoms with E-state index in [4.69, 9.17) is 9.05 Å². The third-order valence-corrected chi connectivity index (χ3v) is 8.72. The van der Waals surface area contributed by atoms with Crippen molar-refractivity contribution in [2.75, 3.05) is 14.2 Å². The smallest absolute Gasteiger partial charge is 0.343 e. The molecule has 0 bridgehead atoms. The molecular formula is C24H39O5P. The largest absolute Gasteiger partial charge is 0.507 e. The fraction of sp³-hybridized carbons (Fsp3) is 0.625. The number of hydrogen-bond acceptors (Lipinski definition) is 5. The number of rotatable bonds is 8. The summed E-state index contributed by atoms with van der Waals surface area (Å²) in [5, 5.41) is 9.66. The summed E-state index contributed by atoms with van der Waals surface area (Å²) in [6, 6.07) is 3.93. The molecule has 0 radical (unpaired) electrons. The molecule has 0 heterocycles. The van der Waals surface area contributed by atoms with Crippen molar-refractivity contribution in [3.05, 3.63) is 34.9 Å². The van der Waals surface area contributed by atoms with Gasteiger partial charge in [-0.15, -0.1) is 0 Å². The molecular weight excluding hydrogens is 399 g/mol. The van der Waals surface area contributed by atoms with E-state index in [0.29, 0.717) is 18.4 Å². The molecule has 0 aliphatic rings. The van der Waals surface area contributed by atoms with Crippen molar-refractivity contribution < 1.29 is 23.5 Å². The van der Waals surface area contributed by atoms with E-state index in [0.717, 1.165) is 11.1 Å². The molecule has 0 atom stereocenters. The zero-order chi connectivity index (χ0) is 23.5. The average Bonchev–Trinajstić information content (AvgIpc) is 2.66. The minimum absolute atomic E-state index is 0.126. The van der Waals surface area contributed by atoms with E-state index < -0.39 is 12.8 Å². The van der Waals surface area contributed by atoms with Crippen LogP contribution in [0.1, 0.15) is 84.9 Å². The van der Waals surface area contributed by atoms with Gasteiger partial charge in [0.25, 0.3) is 0 Å². The predicted octanol–water partition coefficient (Wildman–Crippen LogP) is 6.61. The van der Waals surface area contributed by atoms with Gasteiger partial charge in [0.2, 0.25) is 0 Å². The summed E-state index contributed by atoms with van der Waals surface area (Å²) in [4.78, 5) is 13.2. The monoisotopic (exact) mass is 438 g/mol. The SMILES string of the molecule is CCC(CC)(C(=O)/C=C/c1cc(C(C)(C)C)cc(C(C)(C)C)c1O)P(=O)(OC)OC. The molecule has 1 aromatic rings. The molecule has 5 nitrogen and oxygen atoms in total. The molecule has 0 aliphatic carbocycles. The van der Waals surface area contributed by atoms with Gasteiger partial charge in [0.1, 0.15) is 10.9 Å².